The highest BCUT2D eigenvalue weighted by atomic mass is 16.4. The maximum Gasteiger partial charge on any atom is 0.317 e. The van der Waals surface area contributed by atoms with Crippen molar-refractivity contribution in [3.63, 3.8) is 0 Å². The first-order chi connectivity index (χ1) is 15.3. The predicted molar refractivity (Wildman–Crippen MR) is 96.3 cm³/mol. The second-order valence-corrected chi connectivity index (χ2v) is 6.59. The van der Waals surface area contributed by atoms with Gasteiger partial charge >= 0.3 is 23.9 Å². The Hall–Kier alpha value is -2.28. The van der Waals surface area contributed by atoms with Gasteiger partial charge in [0.1, 0.15) is 0 Å². The summed E-state index contributed by atoms with van der Waals surface area (Å²) in [5.41, 5.74) is 0. The topological polar surface area (TPSA) is 162 Å². The quantitative estimate of drug-likeness (QED) is 0.336. The van der Waals surface area contributed by atoms with Crippen LogP contribution in [0.5, 0.6) is 0 Å². The standard InChI is InChI=1S/C16H28N4O8/c21-13(22)9-17-1-2-18(10-14(23)24)5-6-20(12-16(27)28)8-7-19(4-3-17)11-15(25)26/h1-12H2,(H,21,22)(H,23,24)(H,25,26)(H,27,28)/i/hD4. The molecule has 1 rings (SSSR count). The Morgan fingerprint density at radius 3 is 0.821 bits per heavy atom. The molecule has 0 aromatic carbocycles. The number of carboxylic acid groups (broad SMARTS) is 4. The molecule has 0 aliphatic carbocycles. The van der Waals surface area contributed by atoms with Gasteiger partial charge in [-0.15, -0.1) is 0 Å². The van der Waals surface area contributed by atoms with Gasteiger partial charge in [0.15, 0.2) is 0 Å². The van der Waals surface area contributed by atoms with Gasteiger partial charge in [-0.3, -0.25) is 38.8 Å². The van der Waals surface area contributed by atoms with Gasteiger partial charge < -0.3 is 20.4 Å². The largest absolute Gasteiger partial charge is 0.480 e. The molecule has 28 heavy (non-hydrogen) atoms. The Bertz CT molecular complexity index is 513. The first-order valence-corrected chi connectivity index (χ1v) is 8.84. The van der Waals surface area contributed by atoms with Crippen LogP contribution in [0.25, 0.3) is 5.72 Å². The molecular formula is C16H28N4O8. The van der Waals surface area contributed by atoms with E-state index in [4.69, 9.17) is 5.72 Å². The molecule has 0 atom stereocenters. The molecule has 1 heterocycles. The molecule has 0 aromatic rings. The van der Waals surface area contributed by atoms with E-state index in [9.17, 15) is 19.2 Å². The highest BCUT2D eigenvalue weighted by Crippen LogP contribution is 2.01. The fourth-order valence-electron chi connectivity index (χ4n) is 2.94. The molecule has 1 aliphatic heterocycles. The number of rotatable bonds is 8. The number of aliphatic carboxylic acids is 4. The SMILES string of the molecule is [2H]OC(=O)CN1CCN(CC(=O)O[2H])CCN(CC(=O)O[2H])CCN(CC(=O)O[2H])CC1. The Balaban J connectivity index is 2.99. The van der Waals surface area contributed by atoms with Crippen LogP contribution >= 0.6 is 0 Å². The van der Waals surface area contributed by atoms with Crippen molar-refractivity contribution >= 4 is 23.9 Å². The van der Waals surface area contributed by atoms with Crippen molar-refractivity contribution in [1.29, 1.82) is 5.72 Å². The summed E-state index contributed by atoms with van der Waals surface area (Å²) >= 11 is 0. The third-order valence-corrected chi connectivity index (χ3v) is 4.34. The number of hydrogen-bond acceptors (Lipinski definition) is 12. The van der Waals surface area contributed by atoms with Crippen LogP contribution in [0.15, 0.2) is 0 Å². The van der Waals surface area contributed by atoms with Gasteiger partial charge in [-0.05, 0) is 0 Å². The summed E-state index contributed by atoms with van der Waals surface area (Å²) in [4.78, 5) is 53.1. The maximum absolute atomic E-state index is 11.6. The molecule has 0 spiro atoms. The first kappa shape index (κ1) is 17.8. The highest BCUT2D eigenvalue weighted by molar-refractivity contribution is 5.70. The van der Waals surface area contributed by atoms with Gasteiger partial charge in [0.2, 0.25) is 0 Å². The molecule has 12 heteroatoms. The van der Waals surface area contributed by atoms with Crippen molar-refractivity contribution in [2.45, 2.75) is 0 Å². The molecule has 1 fully saturated rings. The zero-order valence-corrected chi connectivity index (χ0v) is 15.5. The molecule has 1 saturated heterocycles. The van der Waals surface area contributed by atoms with E-state index in [0.29, 0.717) is 52.4 Å². The summed E-state index contributed by atoms with van der Waals surface area (Å²) in [6, 6.07) is 0. The van der Waals surface area contributed by atoms with Crippen molar-refractivity contribution in [1.82, 2.24) is 19.6 Å². The summed E-state index contributed by atoms with van der Waals surface area (Å²) in [7, 11) is 0. The van der Waals surface area contributed by atoms with Gasteiger partial charge in [-0.1, -0.05) is 0 Å². The molecular weight excluding hydrogens is 376 g/mol. The number of hydrogen-bond donors (Lipinski definition) is 4. The van der Waals surface area contributed by atoms with E-state index < -0.39 is 23.9 Å². The zero-order valence-electron chi connectivity index (χ0n) is 19.5. The molecule has 160 valence electrons. The lowest BCUT2D eigenvalue weighted by atomic mass is 10.3. The molecule has 0 unspecified atom stereocenters. The van der Waals surface area contributed by atoms with Crippen LogP contribution in [0.3, 0.4) is 0 Å². The first-order valence-electron chi connectivity index (χ1n) is 10.5. The van der Waals surface area contributed by atoms with Crippen LogP contribution in [0, 0.1) is 0 Å². The van der Waals surface area contributed by atoms with Crippen molar-refractivity contribution in [3.05, 3.63) is 0 Å². The highest BCUT2D eigenvalue weighted by Gasteiger charge is 2.20. The maximum atomic E-state index is 11.6. The van der Waals surface area contributed by atoms with E-state index in [2.05, 4.69) is 20.4 Å². The second-order valence-electron chi connectivity index (χ2n) is 6.59. The fourth-order valence-corrected chi connectivity index (χ4v) is 2.94. The predicted octanol–water partition coefficient (Wildman–Crippen LogP) is -2.45. The monoisotopic (exact) mass is 408 g/mol. The molecule has 0 amide bonds. The van der Waals surface area contributed by atoms with E-state index >= 15 is 0 Å². The summed E-state index contributed by atoms with van der Waals surface area (Å²) < 4.78 is 27.0. The third-order valence-electron chi connectivity index (χ3n) is 4.34. The van der Waals surface area contributed by atoms with Gasteiger partial charge in [-0.25, -0.2) is 0 Å². The van der Waals surface area contributed by atoms with E-state index in [1.54, 1.807) is 19.6 Å². The second kappa shape index (κ2) is 12.2. The van der Waals surface area contributed by atoms with E-state index in [0.717, 1.165) is 0 Å². The third kappa shape index (κ3) is 10.8. The fraction of sp³-hybridized carbons (Fsp3) is 0.750. The lowest BCUT2D eigenvalue weighted by molar-refractivity contribution is -0.141. The van der Waals surface area contributed by atoms with E-state index in [1.807, 2.05) is 0 Å². The van der Waals surface area contributed by atoms with Crippen LogP contribution in [0.1, 0.15) is 0 Å². The van der Waals surface area contributed by atoms with Crippen LogP contribution < -0.4 is 0 Å². The summed E-state index contributed by atoms with van der Waals surface area (Å²) in [5.74, 6) is -3.09. The molecule has 4 N–H and O–H groups in total. The van der Waals surface area contributed by atoms with Gasteiger partial charge in [0.05, 0.1) is 26.2 Å². The van der Waals surface area contributed by atoms with Crippen LogP contribution in [-0.4, -0.2) is 142 Å². The smallest absolute Gasteiger partial charge is 0.317 e. The molecule has 12 nitrogen and oxygen atoms in total. The molecule has 0 saturated carbocycles. The minimum absolute atomic E-state index is 0.182. The minimum Gasteiger partial charge on any atom is -0.480 e. The number of carbonyl (C=O) groups is 4. The Kier molecular flexibility index (Phi) is 7.77. The Labute approximate surface area is 168 Å². The average molecular weight is 408 g/mol. The summed E-state index contributed by atoms with van der Waals surface area (Å²) in [6.07, 6.45) is 0. The average Bonchev–Trinajstić information content (AvgIpc) is 2.79. The van der Waals surface area contributed by atoms with E-state index in [1.165, 1.54) is 0 Å². The minimum atomic E-state index is -0.772. The lowest BCUT2D eigenvalue weighted by Crippen LogP contribution is -2.49. The number of carboxylic acids is 4. The molecule has 0 bridgehead atoms. The van der Waals surface area contributed by atoms with Crippen molar-refractivity contribution in [3.8, 4) is 0 Å². The van der Waals surface area contributed by atoms with Crippen molar-refractivity contribution < 1.29 is 39.6 Å². The summed E-state index contributed by atoms with van der Waals surface area (Å²) in [6.45, 7) is 1.65. The molecule has 1 aliphatic rings. The number of nitrogens with zero attached hydrogens (tertiary/aromatic N) is 4. The van der Waals surface area contributed by atoms with Gasteiger partial charge in [0.25, 0.3) is 5.72 Å². The van der Waals surface area contributed by atoms with Crippen molar-refractivity contribution in [2.75, 3.05) is 78.5 Å². The van der Waals surface area contributed by atoms with Crippen LogP contribution in [-0.2, 0) is 19.2 Å². The van der Waals surface area contributed by atoms with Gasteiger partial charge in [-0.2, -0.15) is 0 Å². The Morgan fingerprint density at radius 1 is 0.500 bits per heavy atom. The molecule has 0 aromatic heterocycles. The van der Waals surface area contributed by atoms with Crippen LogP contribution in [0.2, 0.25) is 0 Å². The summed E-state index contributed by atoms with van der Waals surface area (Å²) in [5, 5.41) is 15.9. The van der Waals surface area contributed by atoms with Gasteiger partial charge in [0, 0.05) is 52.4 Å². The van der Waals surface area contributed by atoms with E-state index in [-0.39, 0.29) is 26.2 Å². The molecule has 0 radical (unpaired) electrons. The lowest BCUT2D eigenvalue weighted by Gasteiger charge is -2.32. The van der Waals surface area contributed by atoms with Crippen LogP contribution in [0.4, 0.5) is 0 Å². The zero-order chi connectivity index (χ0) is 23.9. The normalized spacial score (nSPS) is 20.9. The van der Waals surface area contributed by atoms with Crippen molar-refractivity contribution in [2.24, 2.45) is 0 Å². The Morgan fingerprint density at radius 2 is 0.679 bits per heavy atom.